The van der Waals surface area contributed by atoms with Crippen molar-refractivity contribution >= 4 is 21.7 Å². The van der Waals surface area contributed by atoms with Gasteiger partial charge in [-0.1, -0.05) is 0 Å². The fourth-order valence-electron chi connectivity index (χ4n) is 1.53. The molecule has 1 N–H and O–H groups in total. The summed E-state index contributed by atoms with van der Waals surface area (Å²) in [4.78, 5) is 8.80. The summed E-state index contributed by atoms with van der Waals surface area (Å²) >= 11 is 3.42. The van der Waals surface area contributed by atoms with E-state index in [9.17, 15) is 0 Å². The molecule has 0 saturated carbocycles. The van der Waals surface area contributed by atoms with Crippen molar-refractivity contribution in [1.29, 1.82) is 0 Å². The molecule has 0 amide bonds. The van der Waals surface area contributed by atoms with E-state index in [0.29, 0.717) is 11.9 Å². The SMILES string of the molecule is CCNc1nc(-c2cnn(C(C)C)c2)ncc1Br. The highest BCUT2D eigenvalue weighted by Crippen LogP contribution is 2.23. The highest BCUT2D eigenvalue weighted by Gasteiger charge is 2.09. The third-order valence-corrected chi connectivity index (χ3v) is 3.06. The van der Waals surface area contributed by atoms with Gasteiger partial charge in [0.25, 0.3) is 0 Å². The highest BCUT2D eigenvalue weighted by atomic mass is 79.9. The van der Waals surface area contributed by atoms with Crippen LogP contribution < -0.4 is 5.32 Å². The standard InChI is InChI=1S/C12H16BrN5/c1-4-14-12-10(13)6-15-11(17-12)9-5-16-18(7-9)8(2)3/h5-8H,4H2,1-3H3,(H,14,15,17). The molecule has 18 heavy (non-hydrogen) atoms. The first kappa shape index (κ1) is 13.0. The molecule has 5 nitrogen and oxygen atoms in total. The third-order valence-electron chi connectivity index (χ3n) is 2.48. The van der Waals surface area contributed by atoms with Gasteiger partial charge in [0.2, 0.25) is 0 Å². The second kappa shape index (κ2) is 5.48. The van der Waals surface area contributed by atoms with Gasteiger partial charge in [-0.3, -0.25) is 4.68 Å². The van der Waals surface area contributed by atoms with Gasteiger partial charge in [-0.15, -0.1) is 0 Å². The van der Waals surface area contributed by atoms with Crippen molar-refractivity contribution in [3.05, 3.63) is 23.1 Å². The number of halogens is 1. The van der Waals surface area contributed by atoms with Crippen molar-refractivity contribution in [3.63, 3.8) is 0 Å². The van der Waals surface area contributed by atoms with Crippen molar-refractivity contribution in [2.75, 3.05) is 11.9 Å². The number of nitrogens with zero attached hydrogens (tertiary/aromatic N) is 4. The van der Waals surface area contributed by atoms with Gasteiger partial charge in [0.1, 0.15) is 5.82 Å². The summed E-state index contributed by atoms with van der Waals surface area (Å²) in [5, 5.41) is 7.49. The van der Waals surface area contributed by atoms with Crippen LogP contribution >= 0.6 is 15.9 Å². The lowest BCUT2D eigenvalue weighted by molar-refractivity contribution is 0.532. The van der Waals surface area contributed by atoms with E-state index >= 15 is 0 Å². The molecule has 96 valence electrons. The van der Waals surface area contributed by atoms with Gasteiger partial charge in [-0.05, 0) is 36.7 Å². The van der Waals surface area contributed by atoms with Crippen molar-refractivity contribution in [1.82, 2.24) is 19.7 Å². The first-order valence-electron chi connectivity index (χ1n) is 5.92. The van der Waals surface area contributed by atoms with E-state index in [0.717, 1.165) is 22.4 Å². The lowest BCUT2D eigenvalue weighted by Gasteiger charge is -2.06. The van der Waals surface area contributed by atoms with Gasteiger partial charge < -0.3 is 5.32 Å². The lowest BCUT2D eigenvalue weighted by atomic mass is 10.3. The molecular formula is C12H16BrN5. The van der Waals surface area contributed by atoms with Crippen LogP contribution in [0.15, 0.2) is 23.1 Å². The molecule has 0 aromatic carbocycles. The van der Waals surface area contributed by atoms with Crippen LogP contribution in [0.2, 0.25) is 0 Å². The molecule has 0 fully saturated rings. The number of hydrogen-bond donors (Lipinski definition) is 1. The van der Waals surface area contributed by atoms with Gasteiger partial charge in [0.15, 0.2) is 5.82 Å². The van der Waals surface area contributed by atoms with E-state index in [1.807, 2.05) is 17.8 Å². The predicted molar refractivity (Wildman–Crippen MR) is 75.5 cm³/mol. The molecule has 0 spiro atoms. The van der Waals surface area contributed by atoms with Gasteiger partial charge in [-0.2, -0.15) is 5.10 Å². The number of hydrogen-bond acceptors (Lipinski definition) is 4. The minimum atomic E-state index is 0.336. The van der Waals surface area contributed by atoms with Crippen LogP contribution in [0.5, 0.6) is 0 Å². The molecule has 0 aliphatic heterocycles. The van der Waals surface area contributed by atoms with E-state index in [2.05, 4.69) is 50.2 Å². The summed E-state index contributed by atoms with van der Waals surface area (Å²) in [5.74, 6) is 1.49. The minimum absolute atomic E-state index is 0.336. The fraction of sp³-hybridized carbons (Fsp3) is 0.417. The Kier molecular flexibility index (Phi) is 3.96. The Hall–Kier alpha value is -1.43. The molecule has 6 heteroatoms. The Morgan fingerprint density at radius 1 is 1.39 bits per heavy atom. The Bertz CT molecular complexity index is 535. The van der Waals surface area contributed by atoms with Crippen LogP contribution in [0.3, 0.4) is 0 Å². The van der Waals surface area contributed by atoms with Crippen LogP contribution in [0.4, 0.5) is 5.82 Å². The largest absolute Gasteiger partial charge is 0.369 e. The third kappa shape index (κ3) is 2.69. The molecule has 0 aliphatic carbocycles. The summed E-state index contributed by atoms with van der Waals surface area (Å²) < 4.78 is 2.76. The Labute approximate surface area is 115 Å². The number of nitrogens with one attached hydrogen (secondary N) is 1. The molecular weight excluding hydrogens is 294 g/mol. The summed E-state index contributed by atoms with van der Waals surface area (Å²) in [7, 11) is 0. The van der Waals surface area contributed by atoms with Crippen molar-refractivity contribution in [2.24, 2.45) is 0 Å². The first-order valence-corrected chi connectivity index (χ1v) is 6.72. The smallest absolute Gasteiger partial charge is 0.164 e. The van der Waals surface area contributed by atoms with Crippen LogP contribution in [0.25, 0.3) is 11.4 Å². The molecule has 0 atom stereocenters. The maximum absolute atomic E-state index is 4.48. The molecule has 0 aliphatic rings. The van der Waals surface area contributed by atoms with Gasteiger partial charge in [0, 0.05) is 25.0 Å². The summed E-state index contributed by atoms with van der Waals surface area (Å²) in [6, 6.07) is 0.336. The van der Waals surface area contributed by atoms with E-state index in [1.54, 1.807) is 12.4 Å². The quantitative estimate of drug-likeness (QED) is 0.943. The summed E-state index contributed by atoms with van der Waals surface area (Å²) in [6.45, 7) is 7.03. The highest BCUT2D eigenvalue weighted by molar-refractivity contribution is 9.10. The Morgan fingerprint density at radius 2 is 2.17 bits per heavy atom. The zero-order chi connectivity index (χ0) is 13.1. The molecule has 2 rings (SSSR count). The number of aromatic nitrogens is 4. The van der Waals surface area contributed by atoms with Crippen LogP contribution in [0.1, 0.15) is 26.8 Å². The van der Waals surface area contributed by atoms with E-state index in [4.69, 9.17) is 0 Å². The van der Waals surface area contributed by atoms with E-state index < -0.39 is 0 Å². The van der Waals surface area contributed by atoms with Gasteiger partial charge in [0.05, 0.1) is 16.2 Å². The Balaban J connectivity index is 2.34. The zero-order valence-electron chi connectivity index (χ0n) is 10.7. The second-order valence-electron chi connectivity index (χ2n) is 4.22. The summed E-state index contributed by atoms with van der Waals surface area (Å²) in [6.07, 6.45) is 5.51. The first-order chi connectivity index (χ1) is 8.61. The molecule has 2 heterocycles. The maximum Gasteiger partial charge on any atom is 0.164 e. The van der Waals surface area contributed by atoms with E-state index in [-0.39, 0.29) is 0 Å². The van der Waals surface area contributed by atoms with Crippen molar-refractivity contribution in [2.45, 2.75) is 26.8 Å². The van der Waals surface area contributed by atoms with Crippen molar-refractivity contribution in [3.8, 4) is 11.4 Å². The second-order valence-corrected chi connectivity index (χ2v) is 5.08. The van der Waals surface area contributed by atoms with Crippen LogP contribution in [-0.2, 0) is 0 Å². The fourth-order valence-corrected chi connectivity index (χ4v) is 1.86. The van der Waals surface area contributed by atoms with Gasteiger partial charge in [-0.25, -0.2) is 9.97 Å². The Morgan fingerprint density at radius 3 is 2.78 bits per heavy atom. The van der Waals surface area contributed by atoms with Crippen LogP contribution in [0, 0.1) is 0 Å². The summed E-state index contributed by atoms with van der Waals surface area (Å²) in [5.41, 5.74) is 0.926. The van der Waals surface area contributed by atoms with Crippen molar-refractivity contribution < 1.29 is 0 Å². The molecule has 0 saturated heterocycles. The average Bonchev–Trinajstić information content (AvgIpc) is 2.82. The van der Waals surface area contributed by atoms with Gasteiger partial charge >= 0.3 is 0 Å². The number of anilines is 1. The predicted octanol–water partition coefficient (Wildman–Crippen LogP) is 3.12. The van der Waals surface area contributed by atoms with Crippen LogP contribution in [-0.4, -0.2) is 26.3 Å². The monoisotopic (exact) mass is 309 g/mol. The molecule has 0 bridgehead atoms. The molecule has 0 unspecified atom stereocenters. The molecule has 2 aromatic heterocycles. The normalized spacial score (nSPS) is 10.9. The number of rotatable bonds is 4. The van der Waals surface area contributed by atoms with E-state index in [1.165, 1.54) is 0 Å². The minimum Gasteiger partial charge on any atom is -0.369 e. The molecule has 2 aromatic rings. The maximum atomic E-state index is 4.48. The average molecular weight is 310 g/mol. The molecule has 0 radical (unpaired) electrons. The topological polar surface area (TPSA) is 55.6 Å². The lowest BCUT2D eigenvalue weighted by Crippen LogP contribution is -2.02. The zero-order valence-corrected chi connectivity index (χ0v) is 12.3.